The minimum absolute atomic E-state index is 0.484. The molecule has 0 saturated heterocycles. The second-order valence-electron chi connectivity index (χ2n) is 14.8. The highest BCUT2D eigenvalue weighted by atomic mass is 14.7. The summed E-state index contributed by atoms with van der Waals surface area (Å²) in [5, 5.41) is 0. The summed E-state index contributed by atoms with van der Waals surface area (Å²) in [7, 11) is 0. The largest absolute Gasteiger partial charge is 0.0590 e. The van der Waals surface area contributed by atoms with Gasteiger partial charge in [-0.05, 0) is 147 Å². The number of benzene rings is 2. The van der Waals surface area contributed by atoms with Gasteiger partial charge in [-0.25, -0.2) is 0 Å². The maximum atomic E-state index is 2.53. The molecule has 8 aliphatic rings. The van der Waals surface area contributed by atoms with Gasteiger partial charge in [0.2, 0.25) is 0 Å². The first kappa shape index (κ1) is 20.6. The molecule has 0 spiro atoms. The van der Waals surface area contributed by atoms with Crippen molar-refractivity contribution in [2.24, 2.45) is 34.5 Å². The van der Waals surface area contributed by atoms with Gasteiger partial charge in [-0.1, -0.05) is 59.7 Å². The molecule has 4 atom stereocenters. The molecule has 8 saturated carbocycles. The van der Waals surface area contributed by atoms with E-state index in [1.807, 2.05) is 0 Å². The van der Waals surface area contributed by atoms with Crippen LogP contribution < -0.4 is 0 Å². The average Bonchev–Trinajstić information content (AvgIpc) is 2.78. The molecule has 0 heterocycles. The lowest BCUT2D eigenvalue weighted by molar-refractivity contribution is -0.212. The Balaban J connectivity index is 1.23. The lowest BCUT2D eigenvalue weighted by atomic mass is 9.30. The molecule has 4 unspecified atom stereocenters. The van der Waals surface area contributed by atoms with Crippen LogP contribution in [0, 0.1) is 48.3 Å². The SMILES string of the molecule is Cc1ccc(C23CC4CC(C2)CC(C25CC6CC(CC(c7ccc(C)cc7)(C6)C2)C5)(C4)C3)cc1. The van der Waals surface area contributed by atoms with Crippen LogP contribution in [0.25, 0.3) is 0 Å². The molecule has 34 heavy (non-hydrogen) atoms. The number of hydrogen-bond acceptors (Lipinski definition) is 0. The Morgan fingerprint density at radius 2 is 0.794 bits per heavy atom. The molecule has 8 aliphatic carbocycles. The molecular formula is C34H42. The molecule has 0 aliphatic heterocycles. The van der Waals surface area contributed by atoms with Gasteiger partial charge in [-0.3, -0.25) is 0 Å². The minimum atomic E-state index is 0.484. The van der Waals surface area contributed by atoms with Crippen molar-refractivity contribution in [2.45, 2.75) is 102 Å². The lowest BCUT2D eigenvalue weighted by Crippen LogP contribution is -2.66. The van der Waals surface area contributed by atoms with Crippen LogP contribution in [0.5, 0.6) is 0 Å². The Morgan fingerprint density at radius 3 is 1.12 bits per heavy atom. The first-order chi connectivity index (χ1) is 16.4. The smallest absolute Gasteiger partial charge is 0.00362 e. The molecular weight excluding hydrogens is 408 g/mol. The summed E-state index contributed by atoms with van der Waals surface area (Å²) in [5.74, 6) is 3.97. The van der Waals surface area contributed by atoms with Crippen molar-refractivity contribution in [1.29, 1.82) is 0 Å². The Morgan fingerprint density at radius 1 is 0.471 bits per heavy atom. The summed E-state index contributed by atoms with van der Waals surface area (Å²) in [6.07, 6.45) is 18.3. The van der Waals surface area contributed by atoms with Crippen molar-refractivity contribution in [3.8, 4) is 0 Å². The Labute approximate surface area is 206 Å². The minimum Gasteiger partial charge on any atom is -0.0590 e. The highest BCUT2D eigenvalue weighted by Gasteiger charge is 2.70. The van der Waals surface area contributed by atoms with Crippen molar-refractivity contribution in [1.82, 2.24) is 0 Å². The monoisotopic (exact) mass is 450 g/mol. The van der Waals surface area contributed by atoms with Crippen LogP contribution in [-0.4, -0.2) is 0 Å². The van der Waals surface area contributed by atoms with Gasteiger partial charge in [0, 0.05) is 0 Å². The fourth-order valence-electron chi connectivity index (χ4n) is 12.3. The zero-order chi connectivity index (χ0) is 22.8. The summed E-state index contributed by atoms with van der Waals surface area (Å²) < 4.78 is 0. The van der Waals surface area contributed by atoms with E-state index in [9.17, 15) is 0 Å². The fraction of sp³-hybridized carbons (Fsp3) is 0.647. The fourth-order valence-corrected chi connectivity index (χ4v) is 12.3. The van der Waals surface area contributed by atoms with Gasteiger partial charge in [-0.2, -0.15) is 0 Å². The average molecular weight is 451 g/mol. The highest BCUT2D eigenvalue weighted by molar-refractivity contribution is 5.37. The maximum absolute atomic E-state index is 2.53. The van der Waals surface area contributed by atoms with Crippen molar-refractivity contribution < 1.29 is 0 Å². The molecule has 8 bridgehead atoms. The molecule has 0 N–H and O–H groups in total. The molecule has 0 radical (unpaired) electrons. The Bertz CT molecular complexity index is 998. The molecule has 0 heteroatoms. The van der Waals surface area contributed by atoms with Gasteiger partial charge in [-0.15, -0.1) is 0 Å². The standard InChI is InChI=1S/C34H42/c1-23-3-7-29(8-4-23)31-13-25-11-26(14-31)18-33(17-25,21-31)34-19-27-12-28(20-34)16-32(15-27,22-34)30-9-5-24(2)6-10-30/h3-10,25-28H,11-22H2,1-2H3. The molecule has 2 aromatic carbocycles. The van der Waals surface area contributed by atoms with Crippen molar-refractivity contribution in [3.63, 3.8) is 0 Å². The molecule has 178 valence electrons. The van der Waals surface area contributed by atoms with Gasteiger partial charge in [0.05, 0.1) is 0 Å². The van der Waals surface area contributed by atoms with Crippen molar-refractivity contribution in [2.75, 3.05) is 0 Å². The summed E-state index contributed by atoms with van der Waals surface area (Å²) in [5.41, 5.74) is 8.46. The van der Waals surface area contributed by atoms with E-state index in [0.29, 0.717) is 21.7 Å². The van der Waals surface area contributed by atoms with E-state index in [1.54, 1.807) is 49.7 Å². The van der Waals surface area contributed by atoms with E-state index in [2.05, 4.69) is 62.4 Å². The van der Waals surface area contributed by atoms with Gasteiger partial charge >= 0.3 is 0 Å². The van der Waals surface area contributed by atoms with Crippen LogP contribution in [-0.2, 0) is 10.8 Å². The Hall–Kier alpha value is -1.56. The van der Waals surface area contributed by atoms with Crippen LogP contribution >= 0.6 is 0 Å². The zero-order valence-electron chi connectivity index (χ0n) is 21.4. The van der Waals surface area contributed by atoms with Crippen LogP contribution in [0.4, 0.5) is 0 Å². The zero-order valence-corrected chi connectivity index (χ0v) is 21.4. The van der Waals surface area contributed by atoms with E-state index >= 15 is 0 Å². The molecule has 0 nitrogen and oxygen atoms in total. The van der Waals surface area contributed by atoms with Crippen LogP contribution in [0.1, 0.15) is 99.3 Å². The summed E-state index contributed by atoms with van der Waals surface area (Å²) in [4.78, 5) is 0. The number of rotatable bonds is 3. The van der Waals surface area contributed by atoms with Gasteiger partial charge in [0.1, 0.15) is 0 Å². The quantitative estimate of drug-likeness (QED) is 0.439. The normalized spacial score (nSPS) is 47.9. The molecule has 0 amide bonds. The molecule has 0 aromatic heterocycles. The van der Waals surface area contributed by atoms with Crippen molar-refractivity contribution >= 4 is 0 Å². The van der Waals surface area contributed by atoms with Gasteiger partial charge < -0.3 is 0 Å². The molecule has 10 rings (SSSR count). The van der Waals surface area contributed by atoms with Gasteiger partial charge in [0.15, 0.2) is 0 Å². The van der Waals surface area contributed by atoms with Crippen molar-refractivity contribution in [3.05, 3.63) is 70.8 Å². The van der Waals surface area contributed by atoms with Crippen LogP contribution in [0.3, 0.4) is 0 Å². The first-order valence-electron chi connectivity index (χ1n) is 14.5. The third-order valence-electron chi connectivity index (χ3n) is 12.6. The van der Waals surface area contributed by atoms with Crippen LogP contribution in [0.2, 0.25) is 0 Å². The number of aryl methyl sites for hydroxylation is 2. The van der Waals surface area contributed by atoms with E-state index in [0.717, 1.165) is 23.7 Å². The third-order valence-corrected chi connectivity index (χ3v) is 12.6. The maximum Gasteiger partial charge on any atom is -0.00362 e. The molecule has 2 aromatic rings. The van der Waals surface area contributed by atoms with Gasteiger partial charge in [0.25, 0.3) is 0 Å². The summed E-state index contributed by atoms with van der Waals surface area (Å²) in [6, 6.07) is 19.7. The summed E-state index contributed by atoms with van der Waals surface area (Å²) in [6.45, 7) is 4.51. The summed E-state index contributed by atoms with van der Waals surface area (Å²) >= 11 is 0. The Kier molecular flexibility index (Phi) is 4.00. The van der Waals surface area contributed by atoms with E-state index in [1.165, 1.54) is 49.7 Å². The number of hydrogen-bond donors (Lipinski definition) is 0. The lowest BCUT2D eigenvalue weighted by Gasteiger charge is -2.74. The first-order valence-corrected chi connectivity index (χ1v) is 14.5. The predicted octanol–water partition coefficient (Wildman–Crippen LogP) is 8.68. The predicted molar refractivity (Wildman–Crippen MR) is 140 cm³/mol. The van der Waals surface area contributed by atoms with Crippen LogP contribution in [0.15, 0.2) is 48.5 Å². The van der Waals surface area contributed by atoms with E-state index < -0.39 is 0 Å². The second-order valence-corrected chi connectivity index (χ2v) is 14.8. The van der Waals surface area contributed by atoms with E-state index in [4.69, 9.17) is 0 Å². The van der Waals surface area contributed by atoms with E-state index in [-0.39, 0.29) is 0 Å². The topological polar surface area (TPSA) is 0 Å². The third kappa shape index (κ3) is 2.67. The highest BCUT2D eigenvalue weighted by Crippen LogP contribution is 2.78. The molecule has 8 fully saturated rings. The second kappa shape index (κ2) is 6.60.